The molecule has 0 fully saturated rings. The van der Waals surface area contributed by atoms with Crippen molar-refractivity contribution in [2.24, 2.45) is 0 Å². The lowest BCUT2D eigenvalue weighted by Gasteiger charge is -2.24. The van der Waals surface area contributed by atoms with E-state index in [4.69, 9.17) is 9.84 Å². The van der Waals surface area contributed by atoms with Crippen LogP contribution in [0.2, 0.25) is 0 Å². The average Bonchev–Trinajstić information content (AvgIpc) is 2.45. The first-order valence-corrected chi connectivity index (χ1v) is 10.1. The Bertz CT molecular complexity index is 473. The van der Waals surface area contributed by atoms with E-state index in [1.54, 1.807) is 6.92 Å². The van der Waals surface area contributed by atoms with Crippen LogP contribution < -0.4 is 0 Å². The van der Waals surface area contributed by atoms with E-state index in [1.807, 2.05) is 6.92 Å². The molecule has 0 saturated carbocycles. The molecular formula is C16H30O7S. The van der Waals surface area contributed by atoms with Crippen LogP contribution in [0.4, 0.5) is 0 Å². The molecule has 2 atom stereocenters. The summed E-state index contributed by atoms with van der Waals surface area (Å²) in [7, 11) is -4.28. The molecular weight excluding hydrogens is 336 g/mol. The van der Waals surface area contributed by atoms with Crippen molar-refractivity contribution in [1.82, 2.24) is 0 Å². The third-order valence-corrected chi connectivity index (χ3v) is 5.22. The van der Waals surface area contributed by atoms with Gasteiger partial charge in [0.1, 0.15) is 11.4 Å². The van der Waals surface area contributed by atoms with E-state index >= 15 is 0 Å². The van der Waals surface area contributed by atoms with Gasteiger partial charge in [-0.05, 0) is 32.1 Å². The van der Waals surface area contributed by atoms with Crippen LogP contribution in [0.1, 0.15) is 78.1 Å². The van der Waals surface area contributed by atoms with Crippen LogP contribution in [0.3, 0.4) is 0 Å². The zero-order chi connectivity index (χ0) is 18.6. The number of esters is 1. The lowest BCUT2D eigenvalue weighted by molar-refractivity contribution is -0.149. The molecule has 0 spiro atoms. The van der Waals surface area contributed by atoms with Crippen LogP contribution in [0.15, 0.2) is 0 Å². The number of rotatable bonds is 14. The fraction of sp³-hybridized carbons (Fsp3) is 0.875. The monoisotopic (exact) mass is 366 g/mol. The minimum absolute atomic E-state index is 0.151. The van der Waals surface area contributed by atoms with Gasteiger partial charge in [-0.1, -0.05) is 33.1 Å². The number of aliphatic carboxylic acids is 1. The molecule has 2 N–H and O–H groups in total. The van der Waals surface area contributed by atoms with E-state index in [0.29, 0.717) is 25.7 Å². The number of hydrogen-bond donors (Lipinski definition) is 2. The first kappa shape index (κ1) is 22.9. The molecule has 0 aliphatic heterocycles. The van der Waals surface area contributed by atoms with Gasteiger partial charge in [0, 0.05) is 12.8 Å². The van der Waals surface area contributed by atoms with Gasteiger partial charge in [0.25, 0.3) is 10.1 Å². The Morgan fingerprint density at radius 2 is 1.58 bits per heavy atom. The third kappa shape index (κ3) is 10.6. The average molecular weight is 366 g/mol. The highest BCUT2D eigenvalue weighted by Gasteiger charge is 2.33. The van der Waals surface area contributed by atoms with Gasteiger partial charge in [0.15, 0.2) is 0 Å². The maximum absolute atomic E-state index is 11.7. The fourth-order valence-electron chi connectivity index (χ4n) is 2.57. The highest BCUT2D eigenvalue weighted by Crippen LogP contribution is 2.20. The summed E-state index contributed by atoms with van der Waals surface area (Å²) in [6.45, 7) is 3.46. The maximum atomic E-state index is 11.7. The summed E-state index contributed by atoms with van der Waals surface area (Å²) < 4.78 is 37.6. The molecule has 0 aromatic carbocycles. The molecule has 0 aliphatic carbocycles. The minimum atomic E-state index is -4.28. The second-order valence-electron chi connectivity index (χ2n) is 5.94. The van der Waals surface area contributed by atoms with E-state index in [0.717, 1.165) is 19.3 Å². The van der Waals surface area contributed by atoms with Gasteiger partial charge in [-0.3, -0.25) is 14.1 Å². The normalized spacial score (nSPS) is 14.1. The van der Waals surface area contributed by atoms with Crippen LogP contribution in [0, 0.1) is 0 Å². The van der Waals surface area contributed by atoms with Gasteiger partial charge >= 0.3 is 11.9 Å². The molecule has 0 radical (unpaired) electrons. The highest BCUT2D eigenvalue weighted by molar-refractivity contribution is 7.86. The summed E-state index contributed by atoms with van der Waals surface area (Å²) in [6, 6.07) is 0. The number of carboxylic acids is 1. The summed E-state index contributed by atoms with van der Waals surface area (Å²) in [5.41, 5.74) is 0. The van der Waals surface area contributed by atoms with E-state index < -0.39 is 33.4 Å². The molecule has 0 aliphatic rings. The molecule has 24 heavy (non-hydrogen) atoms. The highest BCUT2D eigenvalue weighted by atomic mass is 32.2. The largest absolute Gasteiger partial charge is 0.481 e. The van der Waals surface area contributed by atoms with Crippen LogP contribution in [-0.2, 0) is 24.4 Å². The van der Waals surface area contributed by atoms with Gasteiger partial charge in [0.05, 0.1) is 0 Å². The summed E-state index contributed by atoms with van der Waals surface area (Å²) in [6.07, 6.45) is 4.37. The van der Waals surface area contributed by atoms with E-state index in [1.165, 1.54) is 0 Å². The molecule has 7 nitrogen and oxygen atoms in total. The quantitative estimate of drug-likeness (QED) is 0.275. The first-order chi connectivity index (χ1) is 11.2. The topological polar surface area (TPSA) is 118 Å². The number of carbonyl (C=O) groups excluding carboxylic acids is 1. The zero-order valence-electron chi connectivity index (χ0n) is 14.6. The van der Waals surface area contributed by atoms with Gasteiger partial charge in [-0.25, -0.2) is 0 Å². The summed E-state index contributed by atoms with van der Waals surface area (Å²) in [4.78, 5) is 22.1. The van der Waals surface area contributed by atoms with Crippen LogP contribution in [0.5, 0.6) is 0 Å². The molecule has 0 rings (SSSR count). The van der Waals surface area contributed by atoms with Crippen molar-refractivity contribution in [2.45, 2.75) is 89.4 Å². The Labute approximate surface area is 144 Å². The molecule has 8 heteroatoms. The Kier molecular flexibility index (Phi) is 11.7. The SMILES string of the molecule is CCCC(=O)OC(CCCCCCCC(=O)O)C(CC)S(=O)(=O)O. The third-order valence-electron chi connectivity index (χ3n) is 3.82. The van der Waals surface area contributed by atoms with Crippen molar-refractivity contribution in [3.8, 4) is 0 Å². The second-order valence-corrected chi connectivity index (χ2v) is 7.58. The number of ether oxygens (including phenoxy) is 1. The second kappa shape index (κ2) is 12.2. The molecule has 0 heterocycles. The Hall–Kier alpha value is -1.15. The lowest BCUT2D eigenvalue weighted by atomic mass is 10.0. The van der Waals surface area contributed by atoms with Crippen molar-refractivity contribution >= 4 is 22.1 Å². The molecule has 0 saturated heterocycles. The van der Waals surface area contributed by atoms with Crippen LogP contribution >= 0.6 is 0 Å². The predicted octanol–water partition coefficient (Wildman–Crippen LogP) is 3.18. The number of carboxylic acid groups (broad SMARTS) is 1. The van der Waals surface area contributed by atoms with Crippen LogP contribution in [-0.4, -0.2) is 41.4 Å². The number of carbonyl (C=O) groups is 2. The van der Waals surface area contributed by atoms with E-state index in [-0.39, 0.29) is 19.3 Å². The maximum Gasteiger partial charge on any atom is 0.306 e. The lowest BCUT2D eigenvalue weighted by Crippen LogP contribution is -2.37. The summed E-state index contributed by atoms with van der Waals surface area (Å²) >= 11 is 0. The predicted molar refractivity (Wildman–Crippen MR) is 90.4 cm³/mol. The minimum Gasteiger partial charge on any atom is -0.481 e. The van der Waals surface area contributed by atoms with Crippen LogP contribution in [0.25, 0.3) is 0 Å². The van der Waals surface area contributed by atoms with Gasteiger partial charge in [-0.15, -0.1) is 0 Å². The van der Waals surface area contributed by atoms with Crippen molar-refractivity contribution in [3.63, 3.8) is 0 Å². The molecule has 0 bridgehead atoms. The zero-order valence-corrected chi connectivity index (χ0v) is 15.4. The fourth-order valence-corrected chi connectivity index (χ4v) is 3.57. The number of hydrogen-bond acceptors (Lipinski definition) is 5. The summed E-state index contributed by atoms with van der Waals surface area (Å²) in [5, 5.41) is 7.45. The summed E-state index contributed by atoms with van der Waals surface area (Å²) in [5.74, 6) is -1.26. The van der Waals surface area contributed by atoms with Crippen molar-refractivity contribution in [1.29, 1.82) is 0 Å². The molecule has 2 unspecified atom stereocenters. The molecule has 0 aromatic heterocycles. The molecule has 0 amide bonds. The standard InChI is InChI=1S/C16H30O7S/c1-3-10-16(19)23-13(14(4-2)24(20,21)22)11-8-6-5-7-9-12-15(17)18/h13-14H,3-12H2,1-2H3,(H,17,18)(H,20,21,22). The van der Waals surface area contributed by atoms with Crippen molar-refractivity contribution < 1.29 is 32.4 Å². The number of unbranched alkanes of at least 4 members (excludes halogenated alkanes) is 4. The van der Waals surface area contributed by atoms with Gasteiger partial charge < -0.3 is 9.84 Å². The Morgan fingerprint density at radius 3 is 2.08 bits per heavy atom. The van der Waals surface area contributed by atoms with E-state index in [2.05, 4.69) is 0 Å². The smallest absolute Gasteiger partial charge is 0.306 e. The molecule has 0 aromatic rings. The first-order valence-electron chi connectivity index (χ1n) is 8.59. The van der Waals surface area contributed by atoms with E-state index in [9.17, 15) is 22.6 Å². The van der Waals surface area contributed by atoms with Crippen molar-refractivity contribution in [2.75, 3.05) is 0 Å². The van der Waals surface area contributed by atoms with Gasteiger partial charge in [0.2, 0.25) is 0 Å². The molecule has 142 valence electrons. The van der Waals surface area contributed by atoms with Crippen molar-refractivity contribution in [3.05, 3.63) is 0 Å². The Morgan fingerprint density at radius 1 is 1.00 bits per heavy atom. The van der Waals surface area contributed by atoms with Gasteiger partial charge in [-0.2, -0.15) is 8.42 Å². The Balaban J connectivity index is 4.44.